The number of methoxy groups -OCH3 is 1. The predicted molar refractivity (Wildman–Crippen MR) is 75.7 cm³/mol. The molecule has 2 N–H and O–H groups in total. The van der Waals surface area contributed by atoms with E-state index in [1.165, 1.54) is 0 Å². The smallest absolute Gasteiger partial charge is 0.253 e. The minimum Gasteiger partial charge on any atom is -0.495 e. The lowest BCUT2D eigenvalue weighted by Gasteiger charge is -2.20. The van der Waals surface area contributed by atoms with Crippen molar-refractivity contribution in [1.29, 1.82) is 0 Å². The maximum Gasteiger partial charge on any atom is 0.253 e. The average molecular weight is 283 g/mol. The van der Waals surface area contributed by atoms with Gasteiger partial charge in [-0.05, 0) is 37.5 Å². The molecule has 1 amide bonds. The molecule has 1 aliphatic heterocycles. The molecule has 1 aliphatic rings. The number of benzene rings is 1. The molecular weight excluding hydrogens is 264 g/mol. The Labute approximate surface area is 118 Å². The molecule has 1 aromatic carbocycles. The summed E-state index contributed by atoms with van der Waals surface area (Å²) in [6.45, 7) is 1.47. The van der Waals surface area contributed by atoms with Crippen LogP contribution >= 0.6 is 11.6 Å². The van der Waals surface area contributed by atoms with Gasteiger partial charge in [0, 0.05) is 24.7 Å². The van der Waals surface area contributed by atoms with Gasteiger partial charge in [-0.1, -0.05) is 11.6 Å². The van der Waals surface area contributed by atoms with Gasteiger partial charge in [-0.25, -0.2) is 0 Å². The summed E-state index contributed by atoms with van der Waals surface area (Å²) >= 11 is 6.05. The lowest BCUT2D eigenvalue weighted by molar-refractivity contribution is 0.0761. The monoisotopic (exact) mass is 282 g/mol. The minimum atomic E-state index is 0.0126. The number of carbonyl (C=O) groups excluding carboxylic acids is 1. The normalized spacial score (nSPS) is 19.9. The van der Waals surface area contributed by atoms with Crippen LogP contribution in [-0.4, -0.2) is 37.0 Å². The second-order valence-electron chi connectivity index (χ2n) is 4.83. The number of hydrogen-bond donors (Lipinski definition) is 1. The van der Waals surface area contributed by atoms with Gasteiger partial charge in [0.2, 0.25) is 0 Å². The van der Waals surface area contributed by atoms with Crippen LogP contribution in [0, 0.1) is 0 Å². The number of nitrogens with two attached hydrogens (primary N) is 1. The highest BCUT2D eigenvalue weighted by atomic mass is 35.5. The molecule has 19 heavy (non-hydrogen) atoms. The number of nitrogens with zero attached hydrogens (tertiary/aromatic N) is 1. The van der Waals surface area contributed by atoms with Crippen LogP contribution in [-0.2, 0) is 0 Å². The van der Waals surface area contributed by atoms with Gasteiger partial charge in [-0.3, -0.25) is 4.79 Å². The Morgan fingerprint density at radius 2 is 2.21 bits per heavy atom. The maximum absolute atomic E-state index is 12.4. The average Bonchev–Trinajstić information content (AvgIpc) is 2.62. The fourth-order valence-corrected chi connectivity index (χ4v) is 2.56. The Morgan fingerprint density at radius 1 is 1.42 bits per heavy atom. The van der Waals surface area contributed by atoms with Crippen LogP contribution in [0.15, 0.2) is 18.2 Å². The van der Waals surface area contributed by atoms with Crippen molar-refractivity contribution >= 4 is 17.5 Å². The van der Waals surface area contributed by atoms with Crippen molar-refractivity contribution in [1.82, 2.24) is 4.90 Å². The van der Waals surface area contributed by atoms with Gasteiger partial charge >= 0.3 is 0 Å². The first-order valence-corrected chi connectivity index (χ1v) is 6.88. The molecule has 2 rings (SSSR count). The van der Waals surface area contributed by atoms with Gasteiger partial charge in [-0.15, -0.1) is 0 Å². The molecule has 4 nitrogen and oxygen atoms in total. The number of hydrogen-bond acceptors (Lipinski definition) is 3. The summed E-state index contributed by atoms with van der Waals surface area (Å²) < 4.78 is 5.09. The zero-order valence-corrected chi connectivity index (χ0v) is 11.8. The summed E-state index contributed by atoms with van der Waals surface area (Å²) in [7, 11) is 1.55. The number of halogens is 1. The van der Waals surface area contributed by atoms with Gasteiger partial charge in [0.1, 0.15) is 5.75 Å². The molecular formula is C14H19ClN2O2. The van der Waals surface area contributed by atoms with E-state index in [2.05, 4.69) is 0 Å². The summed E-state index contributed by atoms with van der Waals surface area (Å²) in [5.41, 5.74) is 6.52. The van der Waals surface area contributed by atoms with Gasteiger partial charge in [0.15, 0.2) is 0 Å². The van der Waals surface area contributed by atoms with E-state index in [9.17, 15) is 4.79 Å². The molecule has 0 unspecified atom stereocenters. The highest BCUT2D eigenvalue weighted by Crippen LogP contribution is 2.25. The highest BCUT2D eigenvalue weighted by molar-refractivity contribution is 6.32. The van der Waals surface area contributed by atoms with E-state index in [1.807, 2.05) is 4.90 Å². The standard InChI is InChI=1S/C14H19ClN2O2/c1-19-13-5-4-10(9-12(13)15)14(18)17-7-2-3-11(16)6-8-17/h4-5,9,11H,2-3,6-8,16H2,1H3/t11-/m1/s1. The zero-order valence-electron chi connectivity index (χ0n) is 11.1. The van der Waals surface area contributed by atoms with E-state index >= 15 is 0 Å². The first kappa shape index (κ1) is 14.2. The number of carbonyl (C=O) groups is 1. The van der Waals surface area contributed by atoms with Crippen LogP contribution in [0.3, 0.4) is 0 Å². The van der Waals surface area contributed by atoms with Gasteiger partial charge in [0.05, 0.1) is 12.1 Å². The van der Waals surface area contributed by atoms with E-state index in [1.54, 1.807) is 25.3 Å². The topological polar surface area (TPSA) is 55.6 Å². The summed E-state index contributed by atoms with van der Waals surface area (Å²) in [4.78, 5) is 14.2. The zero-order chi connectivity index (χ0) is 13.8. The van der Waals surface area contributed by atoms with Crippen molar-refractivity contribution in [3.8, 4) is 5.75 Å². The first-order valence-electron chi connectivity index (χ1n) is 6.50. The van der Waals surface area contributed by atoms with Crippen molar-refractivity contribution in [2.24, 2.45) is 5.73 Å². The van der Waals surface area contributed by atoms with E-state index in [-0.39, 0.29) is 11.9 Å². The third kappa shape index (κ3) is 3.39. The molecule has 0 aromatic heterocycles. The van der Waals surface area contributed by atoms with Crippen molar-refractivity contribution in [3.63, 3.8) is 0 Å². The third-order valence-corrected chi connectivity index (χ3v) is 3.75. The molecule has 0 saturated carbocycles. The Balaban J connectivity index is 2.12. The molecule has 0 radical (unpaired) electrons. The molecule has 1 fully saturated rings. The Kier molecular flexibility index (Phi) is 4.66. The summed E-state index contributed by atoms with van der Waals surface area (Å²) in [5, 5.41) is 0.458. The molecule has 1 aromatic rings. The number of rotatable bonds is 2. The van der Waals surface area contributed by atoms with Crippen molar-refractivity contribution in [3.05, 3.63) is 28.8 Å². The molecule has 0 bridgehead atoms. The van der Waals surface area contributed by atoms with Gasteiger partial charge in [-0.2, -0.15) is 0 Å². The lowest BCUT2D eigenvalue weighted by Crippen LogP contribution is -2.32. The van der Waals surface area contributed by atoms with Crippen LogP contribution in [0.5, 0.6) is 5.75 Å². The van der Waals surface area contributed by atoms with E-state index in [0.717, 1.165) is 25.8 Å². The fourth-order valence-electron chi connectivity index (χ4n) is 2.31. The molecule has 5 heteroatoms. The maximum atomic E-state index is 12.4. The number of likely N-dealkylation sites (tertiary alicyclic amines) is 1. The largest absolute Gasteiger partial charge is 0.495 e. The fraction of sp³-hybridized carbons (Fsp3) is 0.500. The van der Waals surface area contributed by atoms with Crippen LogP contribution < -0.4 is 10.5 Å². The van der Waals surface area contributed by atoms with Crippen LogP contribution in [0.1, 0.15) is 29.6 Å². The Hall–Kier alpha value is -1.26. The molecule has 1 heterocycles. The first-order chi connectivity index (χ1) is 9.11. The molecule has 1 saturated heterocycles. The molecule has 1 atom stereocenters. The van der Waals surface area contributed by atoms with Crippen molar-refractivity contribution in [2.75, 3.05) is 20.2 Å². The van der Waals surface area contributed by atoms with Crippen molar-refractivity contribution in [2.45, 2.75) is 25.3 Å². The van der Waals surface area contributed by atoms with Gasteiger partial charge < -0.3 is 15.4 Å². The molecule has 104 valence electrons. The summed E-state index contributed by atoms with van der Waals surface area (Å²) in [5.74, 6) is 0.592. The third-order valence-electron chi connectivity index (χ3n) is 3.46. The summed E-state index contributed by atoms with van der Waals surface area (Å²) in [6, 6.07) is 5.34. The number of ether oxygens (including phenoxy) is 1. The number of amides is 1. The lowest BCUT2D eigenvalue weighted by atomic mass is 10.1. The molecule has 0 spiro atoms. The molecule has 0 aliphatic carbocycles. The minimum absolute atomic E-state index is 0.0126. The van der Waals surface area contributed by atoms with E-state index in [0.29, 0.717) is 22.9 Å². The van der Waals surface area contributed by atoms with E-state index < -0.39 is 0 Å². The quantitative estimate of drug-likeness (QED) is 0.905. The predicted octanol–water partition coefficient (Wildman–Crippen LogP) is 2.30. The summed E-state index contributed by atoms with van der Waals surface area (Å²) in [6.07, 6.45) is 2.79. The van der Waals surface area contributed by atoms with E-state index in [4.69, 9.17) is 22.1 Å². The second kappa shape index (κ2) is 6.26. The highest BCUT2D eigenvalue weighted by Gasteiger charge is 2.20. The second-order valence-corrected chi connectivity index (χ2v) is 5.24. The van der Waals surface area contributed by atoms with Crippen molar-refractivity contribution < 1.29 is 9.53 Å². The van der Waals surface area contributed by atoms with Crippen LogP contribution in [0.4, 0.5) is 0 Å². The van der Waals surface area contributed by atoms with Crippen LogP contribution in [0.2, 0.25) is 5.02 Å². The van der Waals surface area contributed by atoms with Crippen LogP contribution in [0.25, 0.3) is 0 Å². The van der Waals surface area contributed by atoms with Gasteiger partial charge in [0.25, 0.3) is 5.91 Å². The Morgan fingerprint density at radius 3 is 2.89 bits per heavy atom. The Bertz CT molecular complexity index is 465. The SMILES string of the molecule is COc1ccc(C(=O)N2CCC[C@@H](N)CC2)cc1Cl.